The SMILES string of the molecule is CCOc1cc(/C=C2\N=C(c3ccc(C)cc3)OC2=O)cc(Cl)c1OCc1ccccc1. The maximum Gasteiger partial charge on any atom is 0.363 e. The molecule has 0 fully saturated rings. The van der Waals surface area contributed by atoms with Gasteiger partial charge in [-0.25, -0.2) is 9.79 Å². The zero-order valence-corrected chi connectivity index (χ0v) is 18.6. The van der Waals surface area contributed by atoms with Crippen LogP contribution in [0.2, 0.25) is 5.02 Å². The van der Waals surface area contributed by atoms with Crippen LogP contribution in [0.1, 0.15) is 29.2 Å². The summed E-state index contributed by atoms with van der Waals surface area (Å²) in [4.78, 5) is 16.7. The molecule has 0 N–H and O–H groups in total. The molecule has 6 heteroatoms. The van der Waals surface area contributed by atoms with Crippen molar-refractivity contribution < 1.29 is 19.0 Å². The maximum atomic E-state index is 12.4. The van der Waals surface area contributed by atoms with Gasteiger partial charge in [0.25, 0.3) is 0 Å². The molecule has 0 bridgehead atoms. The first kappa shape index (κ1) is 21.7. The van der Waals surface area contributed by atoms with E-state index in [2.05, 4.69) is 4.99 Å². The lowest BCUT2D eigenvalue weighted by molar-refractivity contribution is -0.129. The van der Waals surface area contributed by atoms with Crippen LogP contribution in [-0.4, -0.2) is 18.5 Å². The fourth-order valence-electron chi connectivity index (χ4n) is 3.19. The highest BCUT2D eigenvalue weighted by Gasteiger charge is 2.24. The van der Waals surface area contributed by atoms with Crippen LogP contribution in [0.5, 0.6) is 11.5 Å². The molecule has 0 amide bonds. The quantitative estimate of drug-likeness (QED) is 0.330. The maximum absolute atomic E-state index is 12.4. The Morgan fingerprint density at radius 2 is 1.78 bits per heavy atom. The molecule has 0 radical (unpaired) electrons. The molecule has 0 saturated carbocycles. The van der Waals surface area contributed by atoms with Crippen molar-refractivity contribution in [1.29, 1.82) is 0 Å². The Hall–Kier alpha value is -3.57. The van der Waals surface area contributed by atoms with Crippen LogP contribution in [-0.2, 0) is 16.1 Å². The van der Waals surface area contributed by atoms with Gasteiger partial charge in [-0.05, 0) is 55.3 Å². The Morgan fingerprint density at radius 1 is 1.03 bits per heavy atom. The van der Waals surface area contributed by atoms with Crippen molar-refractivity contribution in [2.45, 2.75) is 20.5 Å². The monoisotopic (exact) mass is 447 g/mol. The first-order chi connectivity index (χ1) is 15.5. The van der Waals surface area contributed by atoms with E-state index in [4.69, 9.17) is 25.8 Å². The third kappa shape index (κ3) is 5.01. The zero-order valence-electron chi connectivity index (χ0n) is 17.8. The number of cyclic esters (lactones) is 1. The summed E-state index contributed by atoms with van der Waals surface area (Å²) < 4.78 is 17.0. The summed E-state index contributed by atoms with van der Waals surface area (Å²) in [5, 5.41) is 0.382. The number of halogens is 1. The molecule has 3 aromatic carbocycles. The van der Waals surface area contributed by atoms with Gasteiger partial charge in [-0.2, -0.15) is 0 Å². The van der Waals surface area contributed by atoms with Crippen LogP contribution >= 0.6 is 11.6 Å². The van der Waals surface area contributed by atoms with Crippen LogP contribution in [0, 0.1) is 6.92 Å². The van der Waals surface area contributed by atoms with Crippen molar-refractivity contribution in [2.24, 2.45) is 4.99 Å². The minimum Gasteiger partial charge on any atom is -0.490 e. The number of esters is 1. The Bertz CT molecular complexity index is 1180. The third-order valence-corrected chi connectivity index (χ3v) is 5.06. The van der Waals surface area contributed by atoms with E-state index < -0.39 is 5.97 Å². The second kappa shape index (κ2) is 9.71. The predicted molar refractivity (Wildman–Crippen MR) is 125 cm³/mol. The highest BCUT2D eigenvalue weighted by molar-refractivity contribution is 6.32. The molecule has 162 valence electrons. The Kier molecular flexibility index (Phi) is 6.57. The van der Waals surface area contributed by atoms with E-state index in [-0.39, 0.29) is 11.6 Å². The topological polar surface area (TPSA) is 57.1 Å². The van der Waals surface area contributed by atoms with Gasteiger partial charge in [-0.15, -0.1) is 0 Å². The van der Waals surface area contributed by atoms with E-state index in [1.165, 1.54) is 0 Å². The lowest BCUT2D eigenvalue weighted by Crippen LogP contribution is -2.05. The van der Waals surface area contributed by atoms with Crippen LogP contribution in [0.3, 0.4) is 0 Å². The van der Waals surface area contributed by atoms with Crippen molar-refractivity contribution >= 4 is 29.5 Å². The number of ether oxygens (including phenoxy) is 3. The number of carbonyl (C=O) groups excluding carboxylic acids is 1. The molecule has 0 aromatic heterocycles. The number of carbonyl (C=O) groups is 1. The number of hydrogen-bond acceptors (Lipinski definition) is 5. The first-order valence-corrected chi connectivity index (χ1v) is 10.6. The van der Waals surface area contributed by atoms with Gasteiger partial charge in [-0.3, -0.25) is 0 Å². The van der Waals surface area contributed by atoms with Crippen molar-refractivity contribution in [3.05, 3.63) is 99.7 Å². The van der Waals surface area contributed by atoms with Crippen molar-refractivity contribution in [2.75, 3.05) is 6.61 Å². The molecule has 4 rings (SSSR count). The molecule has 0 atom stereocenters. The summed E-state index contributed by atoms with van der Waals surface area (Å²) in [5.74, 6) is 0.716. The second-order valence-corrected chi connectivity index (χ2v) is 7.65. The fraction of sp³-hybridized carbons (Fsp3) is 0.154. The Balaban J connectivity index is 1.61. The van der Waals surface area contributed by atoms with E-state index in [9.17, 15) is 4.79 Å². The van der Waals surface area contributed by atoms with E-state index >= 15 is 0 Å². The first-order valence-electron chi connectivity index (χ1n) is 10.3. The molecule has 5 nitrogen and oxygen atoms in total. The number of aryl methyl sites for hydroxylation is 1. The van der Waals surface area contributed by atoms with E-state index in [0.717, 1.165) is 16.7 Å². The molecule has 1 heterocycles. The van der Waals surface area contributed by atoms with E-state index in [1.807, 2.05) is 68.4 Å². The number of hydrogen-bond donors (Lipinski definition) is 0. The molecular weight excluding hydrogens is 426 g/mol. The molecule has 0 unspecified atom stereocenters. The minimum absolute atomic E-state index is 0.192. The molecule has 0 saturated heterocycles. The Morgan fingerprint density at radius 3 is 2.50 bits per heavy atom. The number of benzene rings is 3. The number of nitrogens with zero attached hydrogens (tertiary/aromatic N) is 1. The van der Waals surface area contributed by atoms with Gasteiger partial charge in [0.1, 0.15) is 6.61 Å². The lowest BCUT2D eigenvalue weighted by atomic mass is 10.1. The molecular formula is C26H22ClNO4. The molecule has 1 aliphatic heterocycles. The molecule has 3 aromatic rings. The standard InChI is InChI=1S/C26H22ClNO4/c1-3-30-23-15-19(13-21(27)24(23)31-16-18-7-5-4-6-8-18)14-22-26(29)32-25(28-22)20-11-9-17(2)10-12-20/h4-15H,3,16H2,1-2H3/b22-14-. The van der Waals surface area contributed by atoms with Gasteiger partial charge in [0.15, 0.2) is 17.2 Å². The lowest BCUT2D eigenvalue weighted by Gasteiger charge is -2.14. The fourth-order valence-corrected chi connectivity index (χ4v) is 3.46. The van der Waals surface area contributed by atoms with E-state index in [0.29, 0.717) is 35.3 Å². The summed E-state index contributed by atoms with van der Waals surface area (Å²) in [7, 11) is 0. The largest absolute Gasteiger partial charge is 0.490 e. The van der Waals surface area contributed by atoms with Crippen LogP contribution in [0.25, 0.3) is 6.08 Å². The van der Waals surface area contributed by atoms with Gasteiger partial charge in [0.2, 0.25) is 5.90 Å². The zero-order chi connectivity index (χ0) is 22.5. The van der Waals surface area contributed by atoms with Crippen LogP contribution in [0.15, 0.2) is 77.4 Å². The molecule has 32 heavy (non-hydrogen) atoms. The van der Waals surface area contributed by atoms with Gasteiger partial charge < -0.3 is 14.2 Å². The van der Waals surface area contributed by atoms with Gasteiger partial charge >= 0.3 is 5.97 Å². The summed E-state index contributed by atoms with van der Waals surface area (Å²) in [6.45, 7) is 4.67. The average Bonchev–Trinajstić information content (AvgIpc) is 3.14. The minimum atomic E-state index is -0.515. The summed E-state index contributed by atoms with van der Waals surface area (Å²) in [6, 6.07) is 20.9. The highest BCUT2D eigenvalue weighted by Crippen LogP contribution is 2.38. The normalized spacial score (nSPS) is 14.3. The molecule has 1 aliphatic rings. The summed E-state index contributed by atoms with van der Waals surface area (Å²) >= 11 is 6.51. The van der Waals surface area contributed by atoms with Crippen molar-refractivity contribution in [1.82, 2.24) is 0 Å². The van der Waals surface area contributed by atoms with Crippen molar-refractivity contribution in [3.8, 4) is 11.5 Å². The predicted octanol–water partition coefficient (Wildman–Crippen LogP) is 5.97. The average molecular weight is 448 g/mol. The van der Waals surface area contributed by atoms with Gasteiger partial charge in [-0.1, -0.05) is 59.6 Å². The molecule has 0 aliphatic carbocycles. The summed E-state index contributed by atoms with van der Waals surface area (Å²) in [5.41, 5.74) is 3.72. The van der Waals surface area contributed by atoms with Crippen LogP contribution in [0.4, 0.5) is 0 Å². The molecule has 0 spiro atoms. The second-order valence-electron chi connectivity index (χ2n) is 7.24. The smallest absolute Gasteiger partial charge is 0.363 e. The van der Waals surface area contributed by atoms with Gasteiger partial charge in [0, 0.05) is 5.56 Å². The highest BCUT2D eigenvalue weighted by atomic mass is 35.5. The number of rotatable bonds is 7. The third-order valence-electron chi connectivity index (χ3n) is 4.78. The number of aliphatic imine (C=N–C) groups is 1. The van der Waals surface area contributed by atoms with Crippen molar-refractivity contribution in [3.63, 3.8) is 0 Å². The van der Waals surface area contributed by atoms with Crippen LogP contribution < -0.4 is 9.47 Å². The Labute approximate surface area is 191 Å². The van der Waals surface area contributed by atoms with Gasteiger partial charge in [0.05, 0.1) is 11.6 Å². The summed E-state index contributed by atoms with van der Waals surface area (Å²) in [6.07, 6.45) is 1.62. The van der Waals surface area contributed by atoms with E-state index in [1.54, 1.807) is 18.2 Å².